The number of ether oxygens (including phenoxy) is 2. The highest BCUT2D eigenvalue weighted by Crippen LogP contribution is 2.23. The third-order valence-electron chi connectivity index (χ3n) is 2.75. The number of para-hydroxylation sites is 1. The number of benzene rings is 2. The van der Waals surface area contributed by atoms with Crippen LogP contribution in [0.4, 0.5) is 0 Å². The summed E-state index contributed by atoms with van der Waals surface area (Å²) in [6.45, 7) is 1.99. The van der Waals surface area contributed by atoms with Crippen molar-refractivity contribution in [2.45, 2.75) is 6.92 Å². The molecule has 0 amide bonds. The van der Waals surface area contributed by atoms with Crippen LogP contribution in [0.5, 0.6) is 11.5 Å². The van der Waals surface area contributed by atoms with Crippen molar-refractivity contribution in [3.63, 3.8) is 0 Å². The standard InChI is InChI=1S/C16H16O3/c1-12-10-14(19-13-6-4-3-5-7-13)8-9-15(12)16(17)11-18-2/h3-10H,11H2,1-2H3. The van der Waals surface area contributed by atoms with Crippen LogP contribution in [0.3, 0.4) is 0 Å². The van der Waals surface area contributed by atoms with Gasteiger partial charge in [-0.2, -0.15) is 0 Å². The molecule has 0 N–H and O–H groups in total. The molecule has 0 atom stereocenters. The van der Waals surface area contributed by atoms with Gasteiger partial charge < -0.3 is 9.47 Å². The lowest BCUT2D eigenvalue weighted by Gasteiger charge is -2.09. The molecule has 0 spiro atoms. The van der Waals surface area contributed by atoms with Crippen molar-refractivity contribution in [2.24, 2.45) is 0 Å². The van der Waals surface area contributed by atoms with E-state index in [-0.39, 0.29) is 12.4 Å². The number of hydrogen-bond donors (Lipinski definition) is 0. The van der Waals surface area contributed by atoms with Gasteiger partial charge in [-0.25, -0.2) is 0 Å². The van der Waals surface area contributed by atoms with Crippen molar-refractivity contribution in [1.82, 2.24) is 0 Å². The molecule has 98 valence electrons. The van der Waals surface area contributed by atoms with E-state index in [1.54, 1.807) is 12.1 Å². The van der Waals surface area contributed by atoms with Crippen LogP contribution in [0.2, 0.25) is 0 Å². The second-order valence-corrected chi connectivity index (χ2v) is 4.25. The molecule has 0 unspecified atom stereocenters. The van der Waals surface area contributed by atoms with Gasteiger partial charge >= 0.3 is 0 Å². The fourth-order valence-corrected chi connectivity index (χ4v) is 1.85. The van der Waals surface area contributed by atoms with Gasteiger partial charge in [0.25, 0.3) is 0 Å². The van der Waals surface area contributed by atoms with Gasteiger partial charge in [-0.05, 0) is 42.8 Å². The second kappa shape index (κ2) is 6.16. The lowest BCUT2D eigenvalue weighted by atomic mass is 10.0. The second-order valence-electron chi connectivity index (χ2n) is 4.25. The van der Waals surface area contributed by atoms with E-state index >= 15 is 0 Å². The maximum absolute atomic E-state index is 11.8. The zero-order chi connectivity index (χ0) is 13.7. The molecule has 0 aliphatic carbocycles. The normalized spacial score (nSPS) is 10.2. The number of carbonyl (C=O) groups is 1. The quantitative estimate of drug-likeness (QED) is 0.766. The minimum atomic E-state index is -0.0220. The Morgan fingerprint density at radius 1 is 1.05 bits per heavy atom. The van der Waals surface area contributed by atoms with Crippen molar-refractivity contribution < 1.29 is 14.3 Å². The Morgan fingerprint density at radius 3 is 2.42 bits per heavy atom. The maximum Gasteiger partial charge on any atom is 0.188 e. The molecule has 0 heterocycles. The van der Waals surface area contributed by atoms with E-state index in [2.05, 4.69) is 0 Å². The molecule has 0 bridgehead atoms. The van der Waals surface area contributed by atoms with E-state index in [1.165, 1.54) is 7.11 Å². The number of methoxy groups -OCH3 is 1. The molecular weight excluding hydrogens is 240 g/mol. The van der Waals surface area contributed by atoms with Gasteiger partial charge in [0.2, 0.25) is 0 Å². The first-order chi connectivity index (χ1) is 9.20. The summed E-state index contributed by atoms with van der Waals surface area (Å²) in [5, 5.41) is 0. The van der Waals surface area contributed by atoms with Crippen molar-refractivity contribution in [3.05, 3.63) is 59.7 Å². The summed E-state index contributed by atoms with van der Waals surface area (Å²) < 4.78 is 10.6. The summed E-state index contributed by atoms with van der Waals surface area (Å²) >= 11 is 0. The lowest BCUT2D eigenvalue weighted by molar-refractivity contribution is 0.0847. The molecule has 2 aromatic rings. The first kappa shape index (κ1) is 13.3. The largest absolute Gasteiger partial charge is 0.457 e. The summed E-state index contributed by atoms with van der Waals surface area (Å²) in [5.74, 6) is 1.47. The fraction of sp³-hybridized carbons (Fsp3) is 0.188. The van der Waals surface area contributed by atoms with Crippen molar-refractivity contribution in [2.75, 3.05) is 13.7 Å². The average molecular weight is 256 g/mol. The Balaban J connectivity index is 2.17. The Labute approximate surface area is 112 Å². The van der Waals surface area contributed by atoms with E-state index in [0.717, 1.165) is 17.1 Å². The van der Waals surface area contributed by atoms with Gasteiger partial charge in [0.1, 0.15) is 18.1 Å². The molecule has 2 aromatic carbocycles. The molecule has 0 fully saturated rings. The van der Waals surface area contributed by atoms with Gasteiger partial charge in [0.15, 0.2) is 5.78 Å². The number of aryl methyl sites for hydroxylation is 1. The number of Topliss-reactive ketones (excluding diaryl/α,β-unsaturated/α-hetero) is 1. The molecule has 19 heavy (non-hydrogen) atoms. The van der Waals surface area contributed by atoms with Crippen LogP contribution in [0.25, 0.3) is 0 Å². The van der Waals surface area contributed by atoms with Crippen LogP contribution in [0, 0.1) is 6.92 Å². The van der Waals surface area contributed by atoms with Gasteiger partial charge in [0, 0.05) is 12.7 Å². The van der Waals surface area contributed by atoms with E-state index in [4.69, 9.17) is 9.47 Å². The smallest absolute Gasteiger partial charge is 0.188 e. The fourth-order valence-electron chi connectivity index (χ4n) is 1.85. The Kier molecular flexibility index (Phi) is 4.31. The molecule has 0 radical (unpaired) electrons. The molecule has 0 aliphatic rings. The van der Waals surface area contributed by atoms with Gasteiger partial charge in [-0.15, -0.1) is 0 Å². The summed E-state index contributed by atoms with van der Waals surface area (Å²) in [6, 6.07) is 15.0. The summed E-state index contributed by atoms with van der Waals surface area (Å²) in [7, 11) is 1.51. The van der Waals surface area contributed by atoms with E-state index in [9.17, 15) is 4.79 Å². The Hall–Kier alpha value is -2.13. The van der Waals surface area contributed by atoms with Crippen LogP contribution < -0.4 is 4.74 Å². The Bertz CT molecular complexity index is 561. The minimum Gasteiger partial charge on any atom is -0.457 e. The summed E-state index contributed by atoms with van der Waals surface area (Å²) in [4.78, 5) is 11.8. The van der Waals surface area contributed by atoms with Crippen molar-refractivity contribution in [3.8, 4) is 11.5 Å². The average Bonchev–Trinajstić information content (AvgIpc) is 2.40. The molecule has 3 heteroatoms. The van der Waals surface area contributed by atoms with Crippen molar-refractivity contribution in [1.29, 1.82) is 0 Å². The zero-order valence-electron chi connectivity index (χ0n) is 11.1. The van der Waals surface area contributed by atoms with E-state index in [0.29, 0.717) is 5.56 Å². The predicted octanol–water partition coefficient (Wildman–Crippen LogP) is 3.62. The van der Waals surface area contributed by atoms with E-state index < -0.39 is 0 Å². The third-order valence-corrected chi connectivity index (χ3v) is 2.75. The number of rotatable bonds is 5. The minimum absolute atomic E-state index is 0.0220. The summed E-state index contributed by atoms with van der Waals surface area (Å²) in [6.07, 6.45) is 0. The highest BCUT2D eigenvalue weighted by molar-refractivity contribution is 5.98. The molecule has 0 aromatic heterocycles. The SMILES string of the molecule is COCC(=O)c1ccc(Oc2ccccc2)cc1C. The van der Waals surface area contributed by atoms with Crippen LogP contribution in [-0.4, -0.2) is 19.5 Å². The van der Waals surface area contributed by atoms with Gasteiger partial charge in [0.05, 0.1) is 0 Å². The highest BCUT2D eigenvalue weighted by Gasteiger charge is 2.09. The first-order valence-corrected chi connectivity index (χ1v) is 6.06. The maximum atomic E-state index is 11.8. The monoisotopic (exact) mass is 256 g/mol. The lowest BCUT2D eigenvalue weighted by Crippen LogP contribution is -2.08. The van der Waals surface area contributed by atoms with Crippen molar-refractivity contribution >= 4 is 5.78 Å². The number of ketones is 1. The van der Waals surface area contributed by atoms with Crippen LogP contribution in [0.15, 0.2) is 48.5 Å². The van der Waals surface area contributed by atoms with Crippen LogP contribution >= 0.6 is 0 Å². The summed E-state index contributed by atoms with van der Waals surface area (Å²) in [5.41, 5.74) is 1.55. The van der Waals surface area contributed by atoms with Crippen LogP contribution in [0.1, 0.15) is 15.9 Å². The number of carbonyl (C=O) groups excluding carboxylic acids is 1. The molecule has 0 saturated carbocycles. The first-order valence-electron chi connectivity index (χ1n) is 6.06. The van der Waals surface area contributed by atoms with Gasteiger partial charge in [-0.1, -0.05) is 18.2 Å². The molecule has 3 nitrogen and oxygen atoms in total. The van der Waals surface area contributed by atoms with E-state index in [1.807, 2.05) is 43.3 Å². The Morgan fingerprint density at radius 2 is 1.79 bits per heavy atom. The topological polar surface area (TPSA) is 35.5 Å². The molecule has 0 saturated heterocycles. The molecular formula is C16H16O3. The molecule has 2 rings (SSSR count). The highest BCUT2D eigenvalue weighted by atomic mass is 16.5. The predicted molar refractivity (Wildman–Crippen MR) is 73.9 cm³/mol. The van der Waals surface area contributed by atoms with Gasteiger partial charge in [-0.3, -0.25) is 4.79 Å². The molecule has 0 aliphatic heterocycles. The zero-order valence-corrected chi connectivity index (χ0v) is 11.1. The van der Waals surface area contributed by atoms with Crippen LogP contribution in [-0.2, 0) is 4.74 Å². The number of hydrogen-bond acceptors (Lipinski definition) is 3. The third kappa shape index (κ3) is 3.42.